The Bertz CT molecular complexity index is 401. The quantitative estimate of drug-likeness (QED) is 0.860. The minimum Gasteiger partial charge on any atom is -0.497 e. The van der Waals surface area contributed by atoms with Gasteiger partial charge in [0.25, 0.3) is 0 Å². The van der Waals surface area contributed by atoms with E-state index in [0.29, 0.717) is 6.54 Å². The second-order valence-corrected chi connectivity index (χ2v) is 5.65. The van der Waals surface area contributed by atoms with E-state index in [1.807, 2.05) is 12.1 Å². The molecule has 0 saturated carbocycles. The van der Waals surface area contributed by atoms with Gasteiger partial charge in [0.05, 0.1) is 20.3 Å². The molecule has 1 aromatic carbocycles. The Balaban J connectivity index is 1.94. The fourth-order valence-electron chi connectivity index (χ4n) is 2.70. The van der Waals surface area contributed by atoms with Gasteiger partial charge in [0.2, 0.25) is 0 Å². The zero-order valence-corrected chi connectivity index (χ0v) is 12.6. The maximum Gasteiger partial charge on any atom is 0.118 e. The molecular weight excluding hydrogens is 252 g/mol. The molecule has 112 valence electrons. The highest BCUT2D eigenvalue weighted by molar-refractivity contribution is 5.27. The van der Waals surface area contributed by atoms with E-state index in [0.717, 1.165) is 44.9 Å². The first-order chi connectivity index (χ1) is 9.68. The van der Waals surface area contributed by atoms with Crippen molar-refractivity contribution in [3.05, 3.63) is 29.8 Å². The molecule has 2 N–H and O–H groups in total. The molecule has 1 aliphatic rings. The predicted octanol–water partition coefficient (Wildman–Crippen LogP) is 1.68. The Kier molecular flexibility index (Phi) is 5.40. The first kappa shape index (κ1) is 15.3. The number of benzene rings is 1. The van der Waals surface area contributed by atoms with Crippen molar-refractivity contribution in [3.8, 4) is 5.75 Å². The van der Waals surface area contributed by atoms with Crippen molar-refractivity contribution in [1.29, 1.82) is 0 Å². The maximum atomic E-state index is 6.05. The molecule has 1 heterocycles. The van der Waals surface area contributed by atoms with Crippen LogP contribution >= 0.6 is 0 Å². The number of methoxy groups -OCH3 is 1. The number of nitrogens with two attached hydrogens (primary N) is 1. The number of aryl methyl sites for hydroxylation is 1. The molecule has 0 spiro atoms. The Morgan fingerprint density at radius 2 is 1.90 bits per heavy atom. The first-order valence-corrected chi connectivity index (χ1v) is 7.34. The molecule has 1 saturated heterocycles. The van der Waals surface area contributed by atoms with Crippen LogP contribution in [0, 0.1) is 0 Å². The number of rotatable bonds is 6. The molecule has 0 bridgehead atoms. The molecule has 1 unspecified atom stereocenters. The monoisotopic (exact) mass is 278 g/mol. The molecule has 4 heteroatoms. The van der Waals surface area contributed by atoms with E-state index in [1.54, 1.807) is 7.11 Å². The summed E-state index contributed by atoms with van der Waals surface area (Å²) in [5.74, 6) is 0.906. The van der Waals surface area contributed by atoms with Gasteiger partial charge in [-0.1, -0.05) is 12.1 Å². The van der Waals surface area contributed by atoms with Crippen LogP contribution in [0.3, 0.4) is 0 Å². The topological polar surface area (TPSA) is 47.7 Å². The lowest BCUT2D eigenvalue weighted by Crippen LogP contribution is -2.55. The van der Waals surface area contributed by atoms with Crippen molar-refractivity contribution in [3.63, 3.8) is 0 Å². The third kappa shape index (κ3) is 3.72. The van der Waals surface area contributed by atoms with Gasteiger partial charge in [0.15, 0.2) is 0 Å². The molecule has 4 nitrogen and oxygen atoms in total. The molecule has 0 radical (unpaired) electrons. The molecule has 1 atom stereocenters. The number of hydrogen-bond acceptors (Lipinski definition) is 4. The summed E-state index contributed by atoms with van der Waals surface area (Å²) in [5.41, 5.74) is 7.44. The lowest BCUT2D eigenvalue weighted by Gasteiger charge is -2.43. The SMILES string of the molecule is COc1ccc(CCC(C)(CN)N2CCOCC2)cc1. The molecule has 0 amide bonds. The summed E-state index contributed by atoms with van der Waals surface area (Å²) in [4.78, 5) is 2.47. The smallest absolute Gasteiger partial charge is 0.118 e. The zero-order chi connectivity index (χ0) is 14.4. The van der Waals surface area contributed by atoms with E-state index in [-0.39, 0.29) is 5.54 Å². The average molecular weight is 278 g/mol. The standard InChI is InChI=1S/C16H26N2O2/c1-16(13-17,18-9-11-20-12-10-18)8-7-14-3-5-15(19-2)6-4-14/h3-6H,7-13,17H2,1-2H3. The maximum absolute atomic E-state index is 6.05. The third-order valence-corrected chi connectivity index (χ3v) is 4.33. The van der Waals surface area contributed by atoms with Gasteiger partial charge in [0.1, 0.15) is 5.75 Å². The fourth-order valence-corrected chi connectivity index (χ4v) is 2.70. The summed E-state index contributed by atoms with van der Waals surface area (Å²) in [5, 5.41) is 0. The second kappa shape index (κ2) is 7.07. The normalized spacial score (nSPS) is 19.6. The van der Waals surface area contributed by atoms with Gasteiger partial charge in [-0.3, -0.25) is 4.90 Å². The van der Waals surface area contributed by atoms with Crippen LogP contribution in [0.2, 0.25) is 0 Å². The second-order valence-electron chi connectivity index (χ2n) is 5.65. The number of morpholine rings is 1. The average Bonchev–Trinajstić information content (AvgIpc) is 2.54. The highest BCUT2D eigenvalue weighted by atomic mass is 16.5. The fraction of sp³-hybridized carbons (Fsp3) is 0.625. The molecule has 0 aliphatic carbocycles. The Hall–Kier alpha value is -1.10. The van der Waals surface area contributed by atoms with E-state index in [2.05, 4.69) is 24.0 Å². The lowest BCUT2D eigenvalue weighted by molar-refractivity contribution is -0.0160. The van der Waals surface area contributed by atoms with Gasteiger partial charge < -0.3 is 15.2 Å². The predicted molar refractivity (Wildman–Crippen MR) is 81.2 cm³/mol. The molecule has 2 rings (SSSR count). The summed E-state index contributed by atoms with van der Waals surface area (Å²) in [6.07, 6.45) is 2.10. The number of nitrogens with zero attached hydrogens (tertiary/aromatic N) is 1. The van der Waals surface area contributed by atoms with E-state index < -0.39 is 0 Å². The van der Waals surface area contributed by atoms with Crippen molar-refractivity contribution < 1.29 is 9.47 Å². The van der Waals surface area contributed by atoms with Gasteiger partial charge in [-0.05, 0) is 37.5 Å². The highest BCUT2D eigenvalue weighted by Gasteiger charge is 2.31. The van der Waals surface area contributed by atoms with Crippen molar-refractivity contribution in [2.75, 3.05) is 40.0 Å². The Morgan fingerprint density at radius 3 is 2.45 bits per heavy atom. The van der Waals surface area contributed by atoms with Crippen LogP contribution < -0.4 is 10.5 Å². The summed E-state index contributed by atoms with van der Waals surface area (Å²) < 4.78 is 10.6. The minimum atomic E-state index is 0.0592. The van der Waals surface area contributed by atoms with Crippen molar-refractivity contribution >= 4 is 0 Å². The van der Waals surface area contributed by atoms with Crippen molar-refractivity contribution in [2.45, 2.75) is 25.3 Å². The van der Waals surface area contributed by atoms with Crippen LogP contribution in [-0.2, 0) is 11.2 Å². The largest absolute Gasteiger partial charge is 0.497 e. The van der Waals surface area contributed by atoms with Gasteiger partial charge in [-0.15, -0.1) is 0 Å². The number of ether oxygens (including phenoxy) is 2. The summed E-state index contributed by atoms with van der Waals surface area (Å²) in [7, 11) is 1.69. The van der Waals surface area contributed by atoms with Crippen molar-refractivity contribution in [2.24, 2.45) is 5.73 Å². The summed E-state index contributed by atoms with van der Waals surface area (Å²) in [6.45, 7) is 6.55. The molecule has 1 fully saturated rings. The van der Waals surface area contributed by atoms with Gasteiger partial charge >= 0.3 is 0 Å². The molecule has 0 aromatic heterocycles. The number of hydrogen-bond donors (Lipinski definition) is 1. The van der Waals surface area contributed by atoms with Crippen LogP contribution in [0.5, 0.6) is 5.75 Å². The van der Waals surface area contributed by atoms with Crippen molar-refractivity contribution in [1.82, 2.24) is 4.90 Å². The minimum absolute atomic E-state index is 0.0592. The van der Waals surface area contributed by atoms with Crippen LogP contribution in [0.15, 0.2) is 24.3 Å². The summed E-state index contributed by atoms with van der Waals surface area (Å²) >= 11 is 0. The van der Waals surface area contributed by atoms with E-state index >= 15 is 0 Å². The molecular formula is C16H26N2O2. The van der Waals surface area contributed by atoms with E-state index in [1.165, 1.54) is 5.56 Å². The van der Waals surface area contributed by atoms with Gasteiger partial charge in [-0.25, -0.2) is 0 Å². The van der Waals surface area contributed by atoms with Crippen LogP contribution in [0.4, 0.5) is 0 Å². The first-order valence-electron chi connectivity index (χ1n) is 7.34. The van der Waals surface area contributed by atoms with Gasteiger partial charge in [0, 0.05) is 25.2 Å². The van der Waals surface area contributed by atoms with Crippen LogP contribution in [0.25, 0.3) is 0 Å². The molecule has 1 aliphatic heterocycles. The summed E-state index contributed by atoms with van der Waals surface area (Å²) in [6, 6.07) is 8.30. The van der Waals surface area contributed by atoms with Gasteiger partial charge in [-0.2, -0.15) is 0 Å². The van der Waals surface area contributed by atoms with E-state index in [9.17, 15) is 0 Å². The third-order valence-electron chi connectivity index (χ3n) is 4.33. The Morgan fingerprint density at radius 1 is 1.25 bits per heavy atom. The molecule has 1 aromatic rings. The van der Waals surface area contributed by atoms with Crippen LogP contribution in [0.1, 0.15) is 18.9 Å². The van der Waals surface area contributed by atoms with Crippen LogP contribution in [-0.4, -0.2) is 50.4 Å². The van der Waals surface area contributed by atoms with E-state index in [4.69, 9.17) is 15.2 Å². The molecule has 20 heavy (non-hydrogen) atoms. The highest BCUT2D eigenvalue weighted by Crippen LogP contribution is 2.23. The Labute approximate surface area is 121 Å². The zero-order valence-electron chi connectivity index (χ0n) is 12.6. The lowest BCUT2D eigenvalue weighted by atomic mass is 9.91.